The largest absolute Gasteiger partial charge is 0.328 e. The molecule has 0 bridgehead atoms. The lowest BCUT2D eigenvalue weighted by Crippen LogP contribution is -2.37. The van der Waals surface area contributed by atoms with E-state index in [4.69, 9.17) is 5.73 Å². The lowest BCUT2D eigenvalue weighted by molar-refractivity contribution is 0.257. The van der Waals surface area contributed by atoms with Crippen LogP contribution in [0.2, 0.25) is 0 Å². The van der Waals surface area contributed by atoms with Gasteiger partial charge in [0, 0.05) is 25.6 Å². The molecule has 1 heterocycles. The molecule has 0 aliphatic heterocycles. The minimum atomic E-state index is 0.416. The third-order valence-electron chi connectivity index (χ3n) is 3.53. The Hall–Kier alpha value is -0.940. The predicted molar refractivity (Wildman–Crippen MR) is 67.7 cm³/mol. The van der Waals surface area contributed by atoms with E-state index < -0.39 is 0 Å². The standard InChI is InChI=1S/C12H23N5/c1-9-14-15-12(8-10-6-11(13)7-10)17(9)5-4-16(2)3/h10-11H,4-8,13H2,1-3H3. The number of nitrogens with zero attached hydrogens (tertiary/aromatic N) is 4. The summed E-state index contributed by atoms with van der Waals surface area (Å²) in [4.78, 5) is 2.18. The molecular weight excluding hydrogens is 214 g/mol. The average Bonchev–Trinajstić information content (AvgIpc) is 2.55. The lowest BCUT2D eigenvalue weighted by Gasteiger charge is -2.32. The summed E-state index contributed by atoms with van der Waals surface area (Å²) >= 11 is 0. The summed E-state index contributed by atoms with van der Waals surface area (Å²) in [5, 5.41) is 8.48. The van der Waals surface area contributed by atoms with Gasteiger partial charge in [-0.2, -0.15) is 0 Å². The molecule has 1 aliphatic carbocycles. The maximum atomic E-state index is 5.81. The highest BCUT2D eigenvalue weighted by Crippen LogP contribution is 2.28. The molecule has 0 aromatic carbocycles. The molecule has 1 fully saturated rings. The van der Waals surface area contributed by atoms with Gasteiger partial charge in [0.05, 0.1) is 0 Å². The summed E-state index contributed by atoms with van der Waals surface area (Å²) in [6, 6.07) is 0.416. The van der Waals surface area contributed by atoms with Gasteiger partial charge in [0.15, 0.2) is 0 Å². The van der Waals surface area contributed by atoms with Crippen LogP contribution in [0.1, 0.15) is 24.5 Å². The molecule has 2 N–H and O–H groups in total. The quantitative estimate of drug-likeness (QED) is 0.806. The van der Waals surface area contributed by atoms with E-state index in [1.54, 1.807) is 0 Å². The fraction of sp³-hybridized carbons (Fsp3) is 0.833. The Morgan fingerprint density at radius 1 is 1.35 bits per heavy atom. The molecule has 0 atom stereocenters. The molecule has 0 amide bonds. The number of rotatable bonds is 5. The van der Waals surface area contributed by atoms with E-state index in [2.05, 4.69) is 33.8 Å². The van der Waals surface area contributed by atoms with E-state index in [1.165, 1.54) is 0 Å². The Labute approximate surface area is 103 Å². The minimum Gasteiger partial charge on any atom is -0.328 e. The Morgan fingerprint density at radius 3 is 2.65 bits per heavy atom. The molecular formula is C12H23N5. The van der Waals surface area contributed by atoms with Gasteiger partial charge in [-0.05, 0) is 39.8 Å². The number of likely N-dealkylation sites (N-methyl/N-ethyl adjacent to an activating group) is 1. The van der Waals surface area contributed by atoms with Crippen molar-refractivity contribution in [3.05, 3.63) is 11.6 Å². The van der Waals surface area contributed by atoms with Crippen molar-refractivity contribution >= 4 is 0 Å². The monoisotopic (exact) mass is 237 g/mol. The van der Waals surface area contributed by atoms with Gasteiger partial charge in [-0.25, -0.2) is 0 Å². The molecule has 0 spiro atoms. The fourth-order valence-electron chi connectivity index (χ4n) is 2.38. The molecule has 0 saturated heterocycles. The zero-order valence-corrected chi connectivity index (χ0v) is 11.1. The predicted octanol–water partition coefficient (Wildman–Crippen LogP) is 0.428. The van der Waals surface area contributed by atoms with Gasteiger partial charge in [-0.15, -0.1) is 10.2 Å². The van der Waals surface area contributed by atoms with Crippen LogP contribution in [0.15, 0.2) is 0 Å². The van der Waals surface area contributed by atoms with Crippen LogP contribution in [0.3, 0.4) is 0 Å². The Bertz CT molecular complexity index is 365. The zero-order valence-electron chi connectivity index (χ0n) is 11.1. The number of hydrogen-bond donors (Lipinski definition) is 1. The molecule has 0 radical (unpaired) electrons. The highest BCUT2D eigenvalue weighted by atomic mass is 15.3. The highest BCUT2D eigenvalue weighted by Gasteiger charge is 2.27. The van der Waals surface area contributed by atoms with Gasteiger partial charge in [0.2, 0.25) is 0 Å². The molecule has 1 aromatic rings. The van der Waals surface area contributed by atoms with Gasteiger partial charge >= 0.3 is 0 Å². The van der Waals surface area contributed by atoms with E-state index in [9.17, 15) is 0 Å². The number of hydrogen-bond acceptors (Lipinski definition) is 4. The van der Waals surface area contributed by atoms with E-state index in [0.29, 0.717) is 12.0 Å². The van der Waals surface area contributed by atoms with E-state index in [-0.39, 0.29) is 0 Å². The first-order chi connectivity index (χ1) is 8.06. The van der Waals surface area contributed by atoms with Crippen LogP contribution in [0.5, 0.6) is 0 Å². The second-order valence-electron chi connectivity index (χ2n) is 5.42. The van der Waals surface area contributed by atoms with Crippen molar-refractivity contribution in [1.82, 2.24) is 19.7 Å². The first-order valence-corrected chi connectivity index (χ1v) is 6.35. The maximum Gasteiger partial charge on any atom is 0.133 e. The van der Waals surface area contributed by atoms with Gasteiger partial charge in [0.25, 0.3) is 0 Å². The minimum absolute atomic E-state index is 0.416. The van der Waals surface area contributed by atoms with Gasteiger partial charge in [0.1, 0.15) is 11.6 Å². The van der Waals surface area contributed by atoms with Crippen molar-refractivity contribution < 1.29 is 0 Å². The van der Waals surface area contributed by atoms with E-state index in [0.717, 1.165) is 44.0 Å². The van der Waals surface area contributed by atoms with Crippen molar-refractivity contribution in [2.24, 2.45) is 11.7 Å². The van der Waals surface area contributed by atoms with Gasteiger partial charge in [-0.3, -0.25) is 0 Å². The van der Waals surface area contributed by atoms with Crippen LogP contribution in [-0.4, -0.2) is 46.3 Å². The van der Waals surface area contributed by atoms with Crippen molar-refractivity contribution in [2.45, 2.75) is 38.8 Å². The lowest BCUT2D eigenvalue weighted by atomic mass is 9.78. The molecule has 5 nitrogen and oxygen atoms in total. The molecule has 17 heavy (non-hydrogen) atoms. The molecule has 1 aliphatic rings. The summed E-state index contributed by atoms with van der Waals surface area (Å²) < 4.78 is 2.24. The third-order valence-corrected chi connectivity index (χ3v) is 3.53. The van der Waals surface area contributed by atoms with E-state index >= 15 is 0 Å². The number of aromatic nitrogens is 3. The average molecular weight is 237 g/mol. The topological polar surface area (TPSA) is 60.0 Å². The van der Waals surface area contributed by atoms with Crippen molar-refractivity contribution in [2.75, 3.05) is 20.6 Å². The van der Waals surface area contributed by atoms with Crippen molar-refractivity contribution in [1.29, 1.82) is 0 Å². The second kappa shape index (κ2) is 5.14. The molecule has 1 aromatic heterocycles. The van der Waals surface area contributed by atoms with Crippen LogP contribution < -0.4 is 5.73 Å². The van der Waals surface area contributed by atoms with Crippen LogP contribution in [-0.2, 0) is 13.0 Å². The summed E-state index contributed by atoms with van der Waals surface area (Å²) in [5.41, 5.74) is 5.81. The summed E-state index contributed by atoms with van der Waals surface area (Å²) in [7, 11) is 4.18. The Morgan fingerprint density at radius 2 is 2.06 bits per heavy atom. The zero-order chi connectivity index (χ0) is 12.4. The molecule has 5 heteroatoms. The van der Waals surface area contributed by atoms with E-state index in [1.807, 2.05) is 6.92 Å². The smallest absolute Gasteiger partial charge is 0.133 e. The van der Waals surface area contributed by atoms with Crippen LogP contribution in [0.25, 0.3) is 0 Å². The first-order valence-electron chi connectivity index (χ1n) is 6.35. The normalized spacial score (nSPS) is 24.1. The summed E-state index contributed by atoms with van der Waals surface area (Å²) in [6.07, 6.45) is 3.31. The first kappa shape index (κ1) is 12.5. The van der Waals surface area contributed by atoms with Gasteiger partial charge < -0.3 is 15.2 Å². The highest BCUT2D eigenvalue weighted by molar-refractivity contribution is 4.98. The van der Waals surface area contributed by atoms with Crippen LogP contribution in [0, 0.1) is 12.8 Å². The van der Waals surface area contributed by atoms with Crippen LogP contribution in [0.4, 0.5) is 0 Å². The van der Waals surface area contributed by atoms with Crippen molar-refractivity contribution in [3.8, 4) is 0 Å². The summed E-state index contributed by atoms with van der Waals surface area (Å²) in [5.74, 6) is 2.86. The molecule has 2 rings (SSSR count). The number of aryl methyl sites for hydroxylation is 1. The van der Waals surface area contributed by atoms with Gasteiger partial charge in [-0.1, -0.05) is 0 Å². The Kier molecular flexibility index (Phi) is 3.79. The van der Waals surface area contributed by atoms with Crippen molar-refractivity contribution in [3.63, 3.8) is 0 Å². The second-order valence-corrected chi connectivity index (χ2v) is 5.42. The SMILES string of the molecule is Cc1nnc(CC2CC(N)C2)n1CCN(C)C. The van der Waals surface area contributed by atoms with Crippen LogP contribution >= 0.6 is 0 Å². The summed E-state index contributed by atoms with van der Waals surface area (Å²) in [6.45, 7) is 4.02. The molecule has 1 saturated carbocycles. The number of nitrogens with two attached hydrogens (primary N) is 1. The fourth-order valence-corrected chi connectivity index (χ4v) is 2.38. The Balaban J connectivity index is 1.96. The molecule has 96 valence electrons. The maximum absolute atomic E-state index is 5.81. The third kappa shape index (κ3) is 3.04. The molecule has 0 unspecified atom stereocenters.